The average molecular weight is 373 g/mol. The maximum absolute atomic E-state index is 14.6. The molecule has 2 aliphatic rings. The standard InChI is InChI=1S/C19H24FN5O2/c1-12-11-24(15-9-21-14(3)22-10-15)4-5-25(12)13(2)18-16(20)8-17-19(23-18)27-7-6-26-17/h8-10,12-13H,4-7,11H2,1-3H3/t12-,13-/m0/s1. The van der Waals surface area contributed by atoms with Crippen molar-refractivity contribution in [3.8, 4) is 11.6 Å². The van der Waals surface area contributed by atoms with Crippen LogP contribution in [0.25, 0.3) is 0 Å². The first-order chi connectivity index (χ1) is 13.0. The van der Waals surface area contributed by atoms with Gasteiger partial charge in [0.05, 0.1) is 29.8 Å². The fourth-order valence-electron chi connectivity index (χ4n) is 3.75. The summed E-state index contributed by atoms with van der Waals surface area (Å²) in [6, 6.07) is 1.45. The lowest BCUT2D eigenvalue weighted by atomic mass is 10.1. The molecular weight excluding hydrogens is 349 g/mol. The molecule has 0 N–H and O–H groups in total. The van der Waals surface area contributed by atoms with Crippen molar-refractivity contribution >= 4 is 5.69 Å². The van der Waals surface area contributed by atoms with Gasteiger partial charge in [0.25, 0.3) is 5.88 Å². The Morgan fingerprint density at radius 2 is 1.93 bits per heavy atom. The van der Waals surface area contributed by atoms with Crippen LogP contribution in [0.4, 0.5) is 10.1 Å². The summed E-state index contributed by atoms with van der Waals surface area (Å²) in [6.07, 6.45) is 3.71. The van der Waals surface area contributed by atoms with Gasteiger partial charge in [0.1, 0.15) is 24.9 Å². The summed E-state index contributed by atoms with van der Waals surface area (Å²) in [6.45, 7) is 9.32. The lowest BCUT2D eigenvalue weighted by molar-refractivity contribution is 0.128. The van der Waals surface area contributed by atoms with E-state index in [1.807, 2.05) is 26.2 Å². The van der Waals surface area contributed by atoms with Crippen LogP contribution in [0.2, 0.25) is 0 Å². The lowest BCUT2D eigenvalue weighted by Gasteiger charge is -2.43. The Morgan fingerprint density at radius 3 is 2.67 bits per heavy atom. The number of fused-ring (bicyclic) bond motifs is 1. The third kappa shape index (κ3) is 3.53. The molecule has 4 rings (SSSR count). The summed E-state index contributed by atoms with van der Waals surface area (Å²) in [5.74, 6) is 1.17. The highest BCUT2D eigenvalue weighted by Crippen LogP contribution is 2.34. The van der Waals surface area contributed by atoms with Gasteiger partial charge in [0.2, 0.25) is 0 Å². The maximum atomic E-state index is 14.6. The number of rotatable bonds is 3. The summed E-state index contributed by atoms with van der Waals surface area (Å²) in [5, 5.41) is 0. The fourth-order valence-corrected chi connectivity index (χ4v) is 3.75. The molecule has 4 heterocycles. The van der Waals surface area contributed by atoms with E-state index in [0.29, 0.717) is 30.5 Å². The van der Waals surface area contributed by atoms with Gasteiger partial charge in [-0.25, -0.2) is 19.3 Å². The van der Waals surface area contributed by atoms with Crippen molar-refractivity contribution in [2.45, 2.75) is 32.9 Å². The van der Waals surface area contributed by atoms with Crippen molar-refractivity contribution in [1.82, 2.24) is 19.9 Å². The largest absolute Gasteiger partial charge is 0.484 e. The van der Waals surface area contributed by atoms with E-state index in [1.54, 1.807) is 0 Å². The highest BCUT2D eigenvalue weighted by molar-refractivity contribution is 5.43. The molecule has 0 amide bonds. The molecule has 2 aromatic heterocycles. The average Bonchev–Trinajstić information content (AvgIpc) is 2.67. The van der Waals surface area contributed by atoms with Crippen LogP contribution in [0.5, 0.6) is 11.6 Å². The summed E-state index contributed by atoms with van der Waals surface area (Å²) in [5.41, 5.74) is 1.42. The number of halogens is 1. The molecule has 0 radical (unpaired) electrons. The van der Waals surface area contributed by atoms with Crippen LogP contribution in [-0.2, 0) is 0 Å². The molecule has 2 atom stereocenters. The van der Waals surface area contributed by atoms with Crippen LogP contribution >= 0.6 is 0 Å². The van der Waals surface area contributed by atoms with Crippen LogP contribution in [-0.4, -0.2) is 58.7 Å². The highest BCUT2D eigenvalue weighted by atomic mass is 19.1. The number of pyridine rings is 1. The Kier molecular flexibility index (Phi) is 4.82. The zero-order valence-electron chi connectivity index (χ0n) is 15.9. The van der Waals surface area contributed by atoms with E-state index < -0.39 is 0 Å². The number of nitrogens with zero attached hydrogens (tertiary/aromatic N) is 5. The summed E-state index contributed by atoms with van der Waals surface area (Å²) in [7, 11) is 0. The molecule has 2 aromatic rings. The van der Waals surface area contributed by atoms with Crippen LogP contribution in [0, 0.1) is 12.7 Å². The van der Waals surface area contributed by atoms with Crippen molar-refractivity contribution in [2.75, 3.05) is 37.7 Å². The predicted molar refractivity (Wildman–Crippen MR) is 98.8 cm³/mol. The molecule has 1 saturated heterocycles. The molecule has 0 unspecified atom stereocenters. The van der Waals surface area contributed by atoms with Crippen molar-refractivity contribution in [3.63, 3.8) is 0 Å². The van der Waals surface area contributed by atoms with Crippen molar-refractivity contribution in [2.24, 2.45) is 0 Å². The minimum Gasteiger partial charge on any atom is -0.484 e. The van der Waals surface area contributed by atoms with E-state index in [2.05, 4.69) is 31.7 Å². The first-order valence-corrected chi connectivity index (χ1v) is 9.28. The molecule has 0 bridgehead atoms. The predicted octanol–water partition coefficient (Wildman–Crippen LogP) is 2.36. The Morgan fingerprint density at radius 1 is 1.19 bits per heavy atom. The van der Waals surface area contributed by atoms with Gasteiger partial charge in [-0.2, -0.15) is 0 Å². The smallest absolute Gasteiger partial charge is 0.257 e. The van der Waals surface area contributed by atoms with Crippen LogP contribution in [0.15, 0.2) is 18.5 Å². The van der Waals surface area contributed by atoms with E-state index in [9.17, 15) is 4.39 Å². The van der Waals surface area contributed by atoms with Crippen LogP contribution in [0.1, 0.15) is 31.4 Å². The molecule has 0 saturated carbocycles. The molecule has 1 fully saturated rings. The van der Waals surface area contributed by atoms with Gasteiger partial charge in [-0.1, -0.05) is 0 Å². The topological polar surface area (TPSA) is 63.6 Å². The second-order valence-corrected chi connectivity index (χ2v) is 7.05. The van der Waals surface area contributed by atoms with Gasteiger partial charge in [-0.05, 0) is 20.8 Å². The third-order valence-electron chi connectivity index (χ3n) is 5.22. The third-order valence-corrected chi connectivity index (χ3v) is 5.22. The number of aromatic nitrogens is 3. The Hall–Kier alpha value is -2.48. The zero-order chi connectivity index (χ0) is 19.0. The molecule has 0 aromatic carbocycles. The number of hydrogen-bond acceptors (Lipinski definition) is 7. The molecule has 8 heteroatoms. The summed E-state index contributed by atoms with van der Waals surface area (Å²) in [4.78, 5) is 17.5. The minimum absolute atomic E-state index is 0.160. The molecular formula is C19H24FN5O2. The van der Waals surface area contributed by atoms with Gasteiger partial charge in [0.15, 0.2) is 5.75 Å². The van der Waals surface area contributed by atoms with Gasteiger partial charge in [0, 0.05) is 31.7 Å². The maximum Gasteiger partial charge on any atom is 0.257 e. The van der Waals surface area contributed by atoms with E-state index in [1.165, 1.54) is 6.07 Å². The first kappa shape index (κ1) is 17.9. The zero-order valence-corrected chi connectivity index (χ0v) is 15.9. The van der Waals surface area contributed by atoms with Gasteiger partial charge < -0.3 is 14.4 Å². The van der Waals surface area contributed by atoms with Crippen LogP contribution < -0.4 is 14.4 Å². The quantitative estimate of drug-likeness (QED) is 0.818. The number of aryl methyl sites for hydroxylation is 1. The molecule has 27 heavy (non-hydrogen) atoms. The fraction of sp³-hybridized carbons (Fsp3) is 0.526. The molecule has 144 valence electrons. The van der Waals surface area contributed by atoms with Gasteiger partial charge in [-0.3, -0.25) is 4.90 Å². The van der Waals surface area contributed by atoms with Crippen LogP contribution in [0.3, 0.4) is 0 Å². The second kappa shape index (κ2) is 7.26. The van der Waals surface area contributed by atoms with Crippen molar-refractivity contribution in [3.05, 3.63) is 35.8 Å². The van der Waals surface area contributed by atoms with Gasteiger partial charge >= 0.3 is 0 Å². The monoisotopic (exact) mass is 373 g/mol. The number of ether oxygens (including phenoxy) is 2. The molecule has 0 aliphatic carbocycles. The molecule has 0 spiro atoms. The van der Waals surface area contributed by atoms with E-state index >= 15 is 0 Å². The Labute approximate surface area is 158 Å². The summed E-state index contributed by atoms with van der Waals surface area (Å²) >= 11 is 0. The second-order valence-electron chi connectivity index (χ2n) is 7.05. The lowest BCUT2D eigenvalue weighted by Crippen LogP contribution is -2.52. The van der Waals surface area contributed by atoms with Crippen molar-refractivity contribution in [1.29, 1.82) is 0 Å². The van der Waals surface area contributed by atoms with Gasteiger partial charge in [-0.15, -0.1) is 0 Å². The Balaban J connectivity index is 1.50. The minimum atomic E-state index is -0.353. The summed E-state index contributed by atoms with van der Waals surface area (Å²) < 4.78 is 25.6. The first-order valence-electron chi connectivity index (χ1n) is 9.28. The highest BCUT2D eigenvalue weighted by Gasteiger charge is 2.31. The number of hydrogen-bond donors (Lipinski definition) is 0. The normalized spacial score (nSPS) is 21.2. The van der Waals surface area contributed by atoms with E-state index in [-0.39, 0.29) is 17.9 Å². The van der Waals surface area contributed by atoms with Crippen molar-refractivity contribution < 1.29 is 13.9 Å². The number of anilines is 1. The molecule has 7 nitrogen and oxygen atoms in total. The Bertz CT molecular complexity index is 816. The number of piperazine rings is 1. The van der Waals surface area contributed by atoms with E-state index in [4.69, 9.17) is 9.47 Å². The molecule has 2 aliphatic heterocycles. The SMILES string of the molecule is Cc1ncc(N2CCN([C@@H](C)c3nc4c(cc3F)OCCO4)[C@@H](C)C2)cn1. The van der Waals surface area contributed by atoms with E-state index in [0.717, 1.165) is 31.1 Å².